The normalized spacial score (nSPS) is 19.4. The van der Waals surface area contributed by atoms with E-state index >= 15 is 0 Å². The lowest BCUT2D eigenvalue weighted by atomic mass is 9.94. The van der Waals surface area contributed by atoms with E-state index in [2.05, 4.69) is 20.6 Å². The van der Waals surface area contributed by atoms with Gasteiger partial charge in [0.25, 0.3) is 5.91 Å². The number of halogens is 3. The number of pyridine rings is 2. The van der Waals surface area contributed by atoms with Crippen LogP contribution in [0.25, 0.3) is 11.3 Å². The lowest BCUT2D eigenvalue weighted by Gasteiger charge is -2.40. The molecule has 0 radical (unpaired) electrons. The molecule has 1 fully saturated rings. The Balaban J connectivity index is 1.46. The van der Waals surface area contributed by atoms with Crippen molar-refractivity contribution in [2.75, 3.05) is 29.9 Å². The molecule has 246 valence electrons. The number of alkyl carbamates (subject to hydrolysis) is 1. The molecule has 1 saturated heterocycles. The number of nitrogens with zero attached hydrogens (tertiary/aromatic N) is 3. The Labute approximate surface area is 265 Å². The van der Waals surface area contributed by atoms with E-state index in [4.69, 9.17) is 9.47 Å². The highest BCUT2D eigenvalue weighted by Gasteiger charge is 2.34. The van der Waals surface area contributed by atoms with Crippen LogP contribution in [-0.4, -0.2) is 58.4 Å². The number of aromatic nitrogens is 2. The van der Waals surface area contributed by atoms with Gasteiger partial charge in [0, 0.05) is 36.8 Å². The van der Waals surface area contributed by atoms with Crippen LogP contribution in [0.2, 0.25) is 0 Å². The molecular formula is C33H38F3N5O5. The summed E-state index contributed by atoms with van der Waals surface area (Å²) >= 11 is 0. The van der Waals surface area contributed by atoms with Crippen LogP contribution in [0.15, 0.2) is 30.5 Å². The van der Waals surface area contributed by atoms with Gasteiger partial charge in [0.15, 0.2) is 0 Å². The molecule has 0 bridgehead atoms. The highest BCUT2D eigenvalue weighted by atomic mass is 19.1. The number of fused-ring (bicyclic) bond motifs is 1. The lowest BCUT2D eigenvalue weighted by Crippen LogP contribution is -2.51. The highest BCUT2D eigenvalue weighted by molar-refractivity contribution is 6.05. The van der Waals surface area contributed by atoms with Crippen LogP contribution >= 0.6 is 0 Å². The average Bonchev–Trinajstić information content (AvgIpc) is 3.32. The molecule has 3 heterocycles. The number of rotatable bonds is 7. The fraction of sp³-hybridized carbons (Fsp3) is 0.455. The Hall–Kier alpha value is -4.39. The molecule has 2 aliphatic rings. The van der Waals surface area contributed by atoms with E-state index in [0.29, 0.717) is 49.4 Å². The highest BCUT2D eigenvalue weighted by Crippen LogP contribution is 2.42. The minimum atomic E-state index is -1.09. The minimum absolute atomic E-state index is 0.0622. The van der Waals surface area contributed by atoms with Crippen molar-refractivity contribution in [3.63, 3.8) is 0 Å². The zero-order chi connectivity index (χ0) is 33.3. The van der Waals surface area contributed by atoms with Gasteiger partial charge < -0.3 is 30.1 Å². The molecule has 5 rings (SSSR count). The third-order valence-corrected chi connectivity index (χ3v) is 7.75. The zero-order valence-electron chi connectivity index (χ0n) is 26.4. The maximum atomic E-state index is 14.9. The fourth-order valence-electron chi connectivity index (χ4n) is 6.03. The van der Waals surface area contributed by atoms with Crippen LogP contribution in [0.5, 0.6) is 5.75 Å². The molecular weight excluding hydrogens is 603 g/mol. The van der Waals surface area contributed by atoms with Crippen molar-refractivity contribution in [2.24, 2.45) is 5.92 Å². The summed E-state index contributed by atoms with van der Waals surface area (Å²) in [7, 11) is 0. The second kappa shape index (κ2) is 13.1. The topological polar surface area (TPSA) is 126 Å². The van der Waals surface area contributed by atoms with Crippen LogP contribution in [0.1, 0.15) is 75.3 Å². The number of nitrogens with one attached hydrogen (secondary N) is 2. The number of benzene rings is 1. The summed E-state index contributed by atoms with van der Waals surface area (Å²) in [6.45, 7) is 10.2. The molecule has 1 aliphatic heterocycles. The Morgan fingerprint density at radius 2 is 1.83 bits per heavy atom. The van der Waals surface area contributed by atoms with Gasteiger partial charge in [-0.2, -0.15) is 0 Å². The number of hydrogen-bond donors (Lipinski definition) is 3. The zero-order valence-corrected chi connectivity index (χ0v) is 26.4. The van der Waals surface area contributed by atoms with E-state index < -0.39 is 52.4 Å². The standard InChI is InChI=1S/C33H38F3N5O5/c1-6-45-19-12-22(35)27(23(36)13-19)29-21(34)8-9-24(39-29)31(43)40-25-14-37-28-20(7-10-26(28)42)30(25)41-15-17(2)11-18(16-41)38-32(44)46-33(3,4)5/h8-9,12-14,17-18,26,42H,6-7,10-11,15-16H2,1-5H3,(H,38,44)(H,40,43). The smallest absolute Gasteiger partial charge is 0.407 e. The first-order chi connectivity index (χ1) is 21.7. The predicted molar refractivity (Wildman–Crippen MR) is 165 cm³/mol. The molecule has 10 nitrogen and oxygen atoms in total. The summed E-state index contributed by atoms with van der Waals surface area (Å²) in [5.41, 5.74) is -0.113. The molecule has 3 atom stereocenters. The van der Waals surface area contributed by atoms with E-state index in [9.17, 15) is 27.9 Å². The molecule has 0 saturated carbocycles. The summed E-state index contributed by atoms with van der Waals surface area (Å²) in [5.74, 6) is -3.88. The summed E-state index contributed by atoms with van der Waals surface area (Å²) in [6, 6.07) is 3.63. The third kappa shape index (κ3) is 7.19. The summed E-state index contributed by atoms with van der Waals surface area (Å²) in [4.78, 5) is 36.6. The van der Waals surface area contributed by atoms with Crippen LogP contribution < -0.4 is 20.3 Å². The monoisotopic (exact) mass is 641 g/mol. The molecule has 1 aromatic carbocycles. The maximum absolute atomic E-state index is 14.9. The number of amides is 2. The van der Waals surface area contributed by atoms with Crippen LogP contribution in [-0.2, 0) is 11.2 Å². The molecule has 1 aliphatic carbocycles. The number of aliphatic hydroxyl groups is 1. The third-order valence-electron chi connectivity index (χ3n) is 7.75. The van der Waals surface area contributed by atoms with Crippen molar-refractivity contribution in [3.05, 3.63) is 64.9 Å². The van der Waals surface area contributed by atoms with Gasteiger partial charge in [-0.3, -0.25) is 9.78 Å². The molecule has 3 aromatic rings. The average molecular weight is 642 g/mol. The van der Waals surface area contributed by atoms with Gasteiger partial charge in [0.05, 0.1) is 41.5 Å². The van der Waals surface area contributed by atoms with Gasteiger partial charge in [-0.25, -0.2) is 22.9 Å². The van der Waals surface area contributed by atoms with E-state index in [-0.39, 0.29) is 30.0 Å². The molecule has 2 amide bonds. The molecule has 46 heavy (non-hydrogen) atoms. The molecule has 2 aromatic heterocycles. The number of carbonyl (C=O) groups excluding carboxylic acids is 2. The van der Waals surface area contributed by atoms with E-state index in [0.717, 1.165) is 29.8 Å². The predicted octanol–water partition coefficient (Wildman–Crippen LogP) is 5.93. The van der Waals surface area contributed by atoms with Gasteiger partial charge in [-0.15, -0.1) is 0 Å². The molecule has 3 N–H and O–H groups in total. The first-order valence-electron chi connectivity index (χ1n) is 15.3. The Kier molecular flexibility index (Phi) is 9.43. The number of ether oxygens (including phenoxy) is 2. The van der Waals surface area contributed by atoms with Crippen molar-refractivity contribution in [3.8, 4) is 17.0 Å². The second-order valence-corrected chi connectivity index (χ2v) is 12.7. The maximum Gasteiger partial charge on any atom is 0.407 e. The fourth-order valence-corrected chi connectivity index (χ4v) is 6.03. The van der Waals surface area contributed by atoms with Gasteiger partial charge in [-0.05, 0) is 65.0 Å². The van der Waals surface area contributed by atoms with Gasteiger partial charge in [0.2, 0.25) is 0 Å². The first kappa shape index (κ1) is 33.0. The van der Waals surface area contributed by atoms with Crippen molar-refractivity contribution < 1.29 is 37.3 Å². The Morgan fingerprint density at radius 1 is 1.11 bits per heavy atom. The van der Waals surface area contributed by atoms with Crippen molar-refractivity contribution in [1.82, 2.24) is 15.3 Å². The Morgan fingerprint density at radius 3 is 2.50 bits per heavy atom. The van der Waals surface area contributed by atoms with E-state index in [1.54, 1.807) is 27.7 Å². The Bertz CT molecular complexity index is 1620. The second-order valence-electron chi connectivity index (χ2n) is 12.7. The number of aliphatic hydroxyl groups excluding tert-OH is 1. The minimum Gasteiger partial charge on any atom is -0.494 e. The van der Waals surface area contributed by atoms with Gasteiger partial charge in [0.1, 0.15) is 40.2 Å². The number of carbonyl (C=O) groups is 2. The summed E-state index contributed by atoms with van der Waals surface area (Å²) in [5, 5.41) is 16.3. The van der Waals surface area contributed by atoms with Gasteiger partial charge in [-0.1, -0.05) is 6.92 Å². The van der Waals surface area contributed by atoms with Crippen molar-refractivity contribution in [2.45, 2.75) is 71.6 Å². The van der Waals surface area contributed by atoms with Crippen LogP contribution in [0.4, 0.5) is 29.3 Å². The first-order valence-corrected chi connectivity index (χ1v) is 15.3. The van der Waals surface area contributed by atoms with Crippen molar-refractivity contribution in [1.29, 1.82) is 0 Å². The SMILES string of the molecule is CCOc1cc(F)c(-c2nc(C(=O)Nc3cnc4c(c3N3CC(C)CC(NC(=O)OC(C)(C)C)C3)CCC4O)ccc2F)c(F)c1. The number of hydrogen-bond acceptors (Lipinski definition) is 8. The number of anilines is 2. The molecule has 3 unspecified atom stereocenters. The van der Waals surface area contributed by atoms with Crippen molar-refractivity contribution >= 4 is 23.4 Å². The summed E-state index contributed by atoms with van der Waals surface area (Å²) < 4.78 is 55.3. The quantitative estimate of drug-likeness (QED) is 0.290. The van der Waals surface area contributed by atoms with E-state index in [1.165, 1.54) is 6.20 Å². The number of piperidine rings is 1. The van der Waals surface area contributed by atoms with Gasteiger partial charge >= 0.3 is 6.09 Å². The van der Waals surface area contributed by atoms with Crippen LogP contribution in [0, 0.1) is 23.4 Å². The van der Waals surface area contributed by atoms with Crippen LogP contribution in [0.3, 0.4) is 0 Å². The largest absolute Gasteiger partial charge is 0.494 e. The lowest BCUT2D eigenvalue weighted by molar-refractivity contribution is 0.0495. The molecule has 13 heteroatoms. The van der Waals surface area contributed by atoms with E-state index in [1.807, 2.05) is 11.8 Å². The molecule has 0 spiro atoms. The summed E-state index contributed by atoms with van der Waals surface area (Å²) in [6.07, 6.45) is 1.80.